The SMILES string of the molecule is CC(C)c1ncoc1C(=O)Nc1ccc(F)c(Cl)c1. The number of carbonyl (C=O) groups is 1. The smallest absolute Gasteiger partial charge is 0.293 e. The second-order valence-corrected chi connectivity index (χ2v) is 4.71. The van der Waals surface area contributed by atoms with Gasteiger partial charge in [-0.2, -0.15) is 0 Å². The highest BCUT2D eigenvalue weighted by Crippen LogP contribution is 2.22. The summed E-state index contributed by atoms with van der Waals surface area (Å²) in [6.45, 7) is 3.81. The van der Waals surface area contributed by atoms with Crippen LogP contribution in [0.5, 0.6) is 0 Å². The second kappa shape index (κ2) is 5.40. The number of anilines is 1. The third-order valence-corrected chi connectivity index (χ3v) is 2.82. The molecule has 2 aromatic rings. The van der Waals surface area contributed by atoms with Crippen molar-refractivity contribution in [1.29, 1.82) is 0 Å². The summed E-state index contributed by atoms with van der Waals surface area (Å²) in [5, 5.41) is 2.53. The lowest BCUT2D eigenvalue weighted by Crippen LogP contribution is -2.13. The minimum Gasteiger partial charge on any atom is -0.438 e. The molecule has 0 aliphatic rings. The Morgan fingerprint density at radius 1 is 1.47 bits per heavy atom. The first-order valence-corrected chi connectivity index (χ1v) is 6.06. The third-order valence-electron chi connectivity index (χ3n) is 2.53. The topological polar surface area (TPSA) is 55.1 Å². The molecular formula is C13H12ClFN2O2. The van der Waals surface area contributed by atoms with E-state index in [1.54, 1.807) is 0 Å². The van der Waals surface area contributed by atoms with Crippen molar-refractivity contribution >= 4 is 23.2 Å². The van der Waals surface area contributed by atoms with Gasteiger partial charge in [-0.25, -0.2) is 9.37 Å². The highest BCUT2D eigenvalue weighted by molar-refractivity contribution is 6.31. The highest BCUT2D eigenvalue weighted by Gasteiger charge is 2.19. The van der Waals surface area contributed by atoms with Crippen LogP contribution in [0.15, 0.2) is 29.0 Å². The maximum Gasteiger partial charge on any atom is 0.293 e. The summed E-state index contributed by atoms with van der Waals surface area (Å²) in [5.41, 5.74) is 0.966. The van der Waals surface area contributed by atoms with Gasteiger partial charge < -0.3 is 9.73 Å². The van der Waals surface area contributed by atoms with Crippen molar-refractivity contribution in [3.05, 3.63) is 46.9 Å². The van der Waals surface area contributed by atoms with E-state index < -0.39 is 11.7 Å². The van der Waals surface area contributed by atoms with Crippen molar-refractivity contribution in [2.75, 3.05) is 5.32 Å². The molecule has 0 atom stereocenters. The lowest BCUT2D eigenvalue weighted by molar-refractivity contribution is 0.0995. The molecule has 0 radical (unpaired) electrons. The van der Waals surface area contributed by atoms with Crippen LogP contribution >= 0.6 is 11.6 Å². The summed E-state index contributed by atoms with van der Waals surface area (Å²) >= 11 is 5.64. The van der Waals surface area contributed by atoms with Crippen LogP contribution in [-0.4, -0.2) is 10.9 Å². The van der Waals surface area contributed by atoms with Crippen LogP contribution < -0.4 is 5.32 Å². The van der Waals surface area contributed by atoms with Crippen LogP contribution in [-0.2, 0) is 0 Å². The number of carbonyl (C=O) groups excluding carboxylic acids is 1. The number of nitrogens with one attached hydrogen (secondary N) is 1. The van der Waals surface area contributed by atoms with Gasteiger partial charge in [0, 0.05) is 5.69 Å². The van der Waals surface area contributed by atoms with Gasteiger partial charge in [-0.3, -0.25) is 4.79 Å². The summed E-state index contributed by atoms with van der Waals surface area (Å²) in [5.74, 6) is -0.766. The molecule has 1 N–H and O–H groups in total. The summed E-state index contributed by atoms with van der Waals surface area (Å²) in [7, 11) is 0. The Kier molecular flexibility index (Phi) is 3.85. The van der Waals surface area contributed by atoms with E-state index in [0.29, 0.717) is 11.4 Å². The minimum absolute atomic E-state index is 0.0561. The number of hydrogen-bond donors (Lipinski definition) is 1. The zero-order chi connectivity index (χ0) is 14.0. The fourth-order valence-electron chi connectivity index (χ4n) is 1.60. The van der Waals surface area contributed by atoms with Gasteiger partial charge in [-0.1, -0.05) is 25.4 Å². The number of halogens is 2. The first kappa shape index (κ1) is 13.5. The molecule has 6 heteroatoms. The van der Waals surface area contributed by atoms with E-state index in [9.17, 15) is 9.18 Å². The number of hydrogen-bond acceptors (Lipinski definition) is 3. The highest BCUT2D eigenvalue weighted by atomic mass is 35.5. The molecule has 100 valence electrons. The fourth-order valence-corrected chi connectivity index (χ4v) is 1.78. The van der Waals surface area contributed by atoms with E-state index in [1.165, 1.54) is 24.6 Å². The molecule has 1 aromatic heterocycles. The Morgan fingerprint density at radius 3 is 2.84 bits per heavy atom. The predicted molar refractivity (Wildman–Crippen MR) is 70.0 cm³/mol. The zero-order valence-corrected chi connectivity index (χ0v) is 11.2. The standard InChI is InChI=1S/C13H12ClFN2O2/c1-7(2)11-12(19-6-16-11)13(18)17-8-3-4-10(15)9(14)5-8/h3-7H,1-2H3,(H,17,18). The second-order valence-electron chi connectivity index (χ2n) is 4.30. The van der Waals surface area contributed by atoms with Crippen molar-refractivity contribution in [3.63, 3.8) is 0 Å². The van der Waals surface area contributed by atoms with Gasteiger partial charge in [0.05, 0.1) is 10.7 Å². The molecule has 0 bridgehead atoms. The van der Waals surface area contributed by atoms with Gasteiger partial charge in [0.2, 0.25) is 5.76 Å². The Morgan fingerprint density at radius 2 is 2.21 bits per heavy atom. The van der Waals surface area contributed by atoms with E-state index in [4.69, 9.17) is 16.0 Å². The summed E-state index contributed by atoms with van der Waals surface area (Å²) in [6, 6.07) is 3.94. The maximum atomic E-state index is 13.0. The molecule has 1 amide bonds. The monoisotopic (exact) mass is 282 g/mol. The van der Waals surface area contributed by atoms with Crippen molar-refractivity contribution < 1.29 is 13.6 Å². The van der Waals surface area contributed by atoms with Gasteiger partial charge in [0.15, 0.2) is 6.39 Å². The Hall–Kier alpha value is -1.88. The van der Waals surface area contributed by atoms with E-state index >= 15 is 0 Å². The number of benzene rings is 1. The normalized spacial score (nSPS) is 10.8. The zero-order valence-electron chi connectivity index (χ0n) is 10.4. The molecule has 0 aliphatic carbocycles. The van der Waals surface area contributed by atoms with Crippen LogP contribution in [0.1, 0.15) is 36.0 Å². The maximum absolute atomic E-state index is 13.0. The Balaban J connectivity index is 2.21. The molecule has 0 fully saturated rings. The molecule has 4 nitrogen and oxygen atoms in total. The summed E-state index contributed by atoms with van der Waals surface area (Å²) < 4.78 is 18.1. The third kappa shape index (κ3) is 2.93. The van der Waals surface area contributed by atoms with Crippen molar-refractivity contribution in [1.82, 2.24) is 4.98 Å². The van der Waals surface area contributed by atoms with Crippen molar-refractivity contribution in [2.45, 2.75) is 19.8 Å². The van der Waals surface area contributed by atoms with Gasteiger partial charge in [0.25, 0.3) is 5.91 Å². The van der Waals surface area contributed by atoms with E-state index in [-0.39, 0.29) is 16.7 Å². The van der Waals surface area contributed by atoms with Gasteiger partial charge >= 0.3 is 0 Å². The predicted octanol–water partition coefficient (Wildman–Crippen LogP) is 3.84. The largest absolute Gasteiger partial charge is 0.438 e. The molecule has 19 heavy (non-hydrogen) atoms. The first-order chi connectivity index (χ1) is 8.99. The van der Waals surface area contributed by atoms with Crippen LogP contribution in [0.2, 0.25) is 5.02 Å². The lowest BCUT2D eigenvalue weighted by Gasteiger charge is -2.06. The molecule has 2 rings (SSSR count). The van der Waals surface area contributed by atoms with Gasteiger partial charge in [-0.15, -0.1) is 0 Å². The quantitative estimate of drug-likeness (QED) is 0.930. The van der Waals surface area contributed by atoms with E-state index in [1.807, 2.05) is 13.8 Å². The number of oxazole rings is 1. The molecule has 0 aliphatic heterocycles. The van der Waals surface area contributed by atoms with Crippen LogP contribution in [0.25, 0.3) is 0 Å². The first-order valence-electron chi connectivity index (χ1n) is 5.69. The number of nitrogens with zero attached hydrogens (tertiary/aromatic N) is 1. The van der Waals surface area contributed by atoms with Crippen LogP contribution in [0.3, 0.4) is 0 Å². The number of amides is 1. The molecule has 0 saturated carbocycles. The molecule has 1 aromatic carbocycles. The summed E-state index contributed by atoms with van der Waals surface area (Å²) in [6.07, 6.45) is 1.22. The van der Waals surface area contributed by atoms with Crippen molar-refractivity contribution in [2.24, 2.45) is 0 Å². The van der Waals surface area contributed by atoms with Gasteiger partial charge in [0.1, 0.15) is 5.82 Å². The Labute approximate surface area is 114 Å². The molecule has 0 unspecified atom stereocenters. The Bertz CT molecular complexity index is 610. The average molecular weight is 283 g/mol. The van der Waals surface area contributed by atoms with Crippen LogP contribution in [0.4, 0.5) is 10.1 Å². The van der Waals surface area contributed by atoms with E-state index in [2.05, 4.69) is 10.3 Å². The molecular weight excluding hydrogens is 271 g/mol. The number of aromatic nitrogens is 1. The van der Waals surface area contributed by atoms with Gasteiger partial charge in [-0.05, 0) is 24.1 Å². The molecule has 0 spiro atoms. The van der Waals surface area contributed by atoms with E-state index in [0.717, 1.165) is 0 Å². The summed E-state index contributed by atoms with van der Waals surface area (Å²) in [4.78, 5) is 16.0. The molecule has 1 heterocycles. The minimum atomic E-state index is -0.540. The average Bonchev–Trinajstić information content (AvgIpc) is 2.83. The molecule has 0 saturated heterocycles. The van der Waals surface area contributed by atoms with Crippen LogP contribution in [0, 0.1) is 5.82 Å². The van der Waals surface area contributed by atoms with Crippen molar-refractivity contribution in [3.8, 4) is 0 Å². The lowest BCUT2D eigenvalue weighted by atomic mass is 10.1. The number of rotatable bonds is 3. The fraction of sp³-hybridized carbons (Fsp3) is 0.231.